The molecule has 2 aromatic rings. The van der Waals surface area contributed by atoms with Crippen LogP contribution in [0.3, 0.4) is 0 Å². The molecule has 1 aromatic heterocycles. The Bertz CT molecular complexity index is 622. The van der Waals surface area contributed by atoms with E-state index in [1.54, 1.807) is 6.92 Å². The lowest BCUT2D eigenvalue weighted by Crippen LogP contribution is -2.04. The van der Waals surface area contributed by atoms with Gasteiger partial charge in [-0.3, -0.25) is 0 Å². The summed E-state index contributed by atoms with van der Waals surface area (Å²) in [6, 6.07) is 4.82. The van der Waals surface area contributed by atoms with Gasteiger partial charge in [-0.15, -0.1) is 11.3 Å². The number of nitrogens with zero attached hydrogens (tertiary/aromatic N) is 1. The van der Waals surface area contributed by atoms with Gasteiger partial charge >= 0.3 is 12.1 Å². The first-order chi connectivity index (χ1) is 9.41. The fourth-order valence-corrected chi connectivity index (χ4v) is 2.34. The predicted molar refractivity (Wildman–Crippen MR) is 68.5 cm³/mol. The number of halogens is 3. The lowest BCUT2D eigenvalue weighted by molar-refractivity contribution is -0.137. The molecule has 0 saturated heterocycles. The van der Waals surface area contributed by atoms with Gasteiger partial charge in [0.05, 0.1) is 18.4 Å². The fourth-order valence-electron chi connectivity index (χ4n) is 1.53. The summed E-state index contributed by atoms with van der Waals surface area (Å²) >= 11 is 1.00. The van der Waals surface area contributed by atoms with Gasteiger partial charge in [0, 0.05) is 5.56 Å². The van der Waals surface area contributed by atoms with E-state index < -0.39 is 17.7 Å². The molecular formula is C13H10F3NO2S. The van der Waals surface area contributed by atoms with Crippen molar-refractivity contribution < 1.29 is 22.7 Å². The van der Waals surface area contributed by atoms with Gasteiger partial charge in [-0.2, -0.15) is 13.2 Å². The Balaban J connectivity index is 2.31. The first-order valence-electron chi connectivity index (χ1n) is 5.72. The number of aromatic nitrogens is 1. The van der Waals surface area contributed by atoms with Crippen LogP contribution < -0.4 is 0 Å². The average Bonchev–Trinajstić information content (AvgIpc) is 2.88. The predicted octanol–water partition coefficient (Wildman–Crippen LogP) is 4.01. The third-order valence-electron chi connectivity index (χ3n) is 2.42. The summed E-state index contributed by atoms with van der Waals surface area (Å²) in [7, 11) is 0. The number of benzene rings is 1. The van der Waals surface area contributed by atoms with E-state index in [2.05, 4.69) is 4.98 Å². The van der Waals surface area contributed by atoms with Gasteiger partial charge in [0.15, 0.2) is 0 Å². The van der Waals surface area contributed by atoms with Gasteiger partial charge in [-0.25, -0.2) is 9.78 Å². The summed E-state index contributed by atoms with van der Waals surface area (Å²) in [5.74, 6) is -0.525. The zero-order valence-electron chi connectivity index (χ0n) is 10.4. The molecule has 0 spiro atoms. The summed E-state index contributed by atoms with van der Waals surface area (Å²) < 4.78 is 42.7. The standard InChI is InChI=1S/C13H10F3NO2S/c1-2-19-12(18)10-7-17-11(20-10)8-4-3-5-9(6-8)13(14,15)16/h3-7H,2H2,1H3. The number of carbonyl (C=O) groups is 1. The van der Waals surface area contributed by atoms with Crippen molar-refractivity contribution in [1.29, 1.82) is 0 Å². The second-order valence-electron chi connectivity index (χ2n) is 3.83. The lowest BCUT2D eigenvalue weighted by Gasteiger charge is -2.07. The van der Waals surface area contributed by atoms with Crippen LogP contribution in [0.15, 0.2) is 30.5 Å². The number of esters is 1. The summed E-state index contributed by atoms with van der Waals surface area (Å²) in [6.45, 7) is 1.91. The van der Waals surface area contributed by atoms with E-state index in [9.17, 15) is 18.0 Å². The van der Waals surface area contributed by atoms with Crippen molar-refractivity contribution in [2.45, 2.75) is 13.1 Å². The zero-order chi connectivity index (χ0) is 14.8. The maximum Gasteiger partial charge on any atom is 0.416 e. The highest BCUT2D eigenvalue weighted by atomic mass is 32.1. The van der Waals surface area contributed by atoms with Crippen molar-refractivity contribution in [3.05, 3.63) is 40.9 Å². The minimum absolute atomic E-state index is 0.232. The molecule has 0 N–H and O–H groups in total. The largest absolute Gasteiger partial charge is 0.462 e. The minimum atomic E-state index is -4.41. The number of hydrogen-bond donors (Lipinski definition) is 0. The van der Waals surface area contributed by atoms with Crippen LogP contribution in [0.25, 0.3) is 10.6 Å². The monoisotopic (exact) mass is 301 g/mol. The molecule has 3 nitrogen and oxygen atoms in total. The maximum absolute atomic E-state index is 12.6. The van der Waals surface area contributed by atoms with Gasteiger partial charge in [0.25, 0.3) is 0 Å². The van der Waals surface area contributed by atoms with Crippen LogP contribution in [-0.4, -0.2) is 17.6 Å². The Morgan fingerprint density at radius 3 is 2.80 bits per heavy atom. The van der Waals surface area contributed by atoms with Crippen LogP contribution in [0.5, 0.6) is 0 Å². The normalized spacial score (nSPS) is 11.4. The van der Waals surface area contributed by atoms with Crippen LogP contribution in [0.1, 0.15) is 22.2 Å². The summed E-state index contributed by atoms with van der Waals surface area (Å²) in [4.78, 5) is 15.7. The third-order valence-corrected chi connectivity index (χ3v) is 3.45. The molecule has 0 amide bonds. The highest BCUT2D eigenvalue weighted by molar-refractivity contribution is 7.16. The highest BCUT2D eigenvalue weighted by Crippen LogP contribution is 2.33. The number of thiazole rings is 1. The third kappa shape index (κ3) is 3.16. The Morgan fingerprint density at radius 2 is 2.15 bits per heavy atom. The molecule has 0 radical (unpaired) electrons. The molecule has 20 heavy (non-hydrogen) atoms. The van der Waals surface area contributed by atoms with Crippen molar-refractivity contribution in [3.8, 4) is 10.6 Å². The quantitative estimate of drug-likeness (QED) is 0.804. The molecule has 0 aliphatic heterocycles. The van der Waals surface area contributed by atoms with Crippen molar-refractivity contribution in [2.75, 3.05) is 6.61 Å². The van der Waals surface area contributed by atoms with E-state index in [0.717, 1.165) is 23.5 Å². The number of alkyl halides is 3. The van der Waals surface area contributed by atoms with E-state index in [1.807, 2.05) is 0 Å². The Labute approximate surface area is 117 Å². The molecule has 106 valence electrons. The Morgan fingerprint density at radius 1 is 1.40 bits per heavy atom. The van der Waals surface area contributed by atoms with Gasteiger partial charge in [-0.05, 0) is 19.1 Å². The molecule has 0 bridgehead atoms. The van der Waals surface area contributed by atoms with Crippen LogP contribution >= 0.6 is 11.3 Å². The highest BCUT2D eigenvalue weighted by Gasteiger charge is 2.30. The number of ether oxygens (including phenoxy) is 1. The van der Waals surface area contributed by atoms with Gasteiger partial charge < -0.3 is 4.74 Å². The SMILES string of the molecule is CCOC(=O)c1cnc(-c2cccc(C(F)(F)F)c2)s1. The van der Waals surface area contributed by atoms with Crippen molar-refractivity contribution >= 4 is 17.3 Å². The van der Waals surface area contributed by atoms with Gasteiger partial charge in [0.1, 0.15) is 9.88 Å². The molecular weight excluding hydrogens is 291 g/mol. The molecule has 1 heterocycles. The lowest BCUT2D eigenvalue weighted by atomic mass is 10.1. The van der Waals surface area contributed by atoms with Crippen molar-refractivity contribution in [3.63, 3.8) is 0 Å². The minimum Gasteiger partial charge on any atom is -0.462 e. The van der Waals surface area contributed by atoms with Crippen molar-refractivity contribution in [1.82, 2.24) is 4.98 Å². The van der Waals surface area contributed by atoms with Crippen LogP contribution in [0.2, 0.25) is 0 Å². The smallest absolute Gasteiger partial charge is 0.416 e. The molecule has 0 aliphatic rings. The van der Waals surface area contributed by atoms with Crippen LogP contribution in [0.4, 0.5) is 13.2 Å². The molecule has 0 saturated carbocycles. The Hall–Kier alpha value is -1.89. The summed E-state index contributed by atoms with van der Waals surface area (Å²) in [6.07, 6.45) is -3.10. The zero-order valence-corrected chi connectivity index (χ0v) is 11.2. The fraction of sp³-hybridized carbons (Fsp3) is 0.231. The van der Waals surface area contributed by atoms with E-state index in [4.69, 9.17) is 4.74 Å². The van der Waals surface area contributed by atoms with E-state index in [-0.39, 0.29) is 11.5 Å². The number of rotatable bonds is 3. The van der Waals surface area contributed by atoms with Crippen molar-refractivity contribution in [2.24, 2.45) is 0 Å². The summed E-state index contributed by atoms with van der Waals surface area (Å²) in [5.41, 5.74) is -0.428. The number of carbonyl (C=O) groups excluding carboxylic acids is 1. The second-order valence-corrected chi connectivity index (χ2v) is 4.86. The molecule has 0 aliphatic carbocycles. The van der Waals surface area contributed by atoms with E-state index in [0.29, 0.717) is 10.6 Å². The molecule has 1 aromatic carbocycles. The van der Waals surface area contributed by atoms with Crippen LogP contribution in [-0.2, 0) is 10.9 Å². The van der Waals surface area contributed by atoms with E-state index >= 15 is 0 Å². The Kier molecular flexibility index (Phi) is 4.08. The summed E-state index contributed by atoms with van der Waals surface area (Å²) in [5, 5.41) is 0.346. The number of hydrogen-bond acceptors (Lipinski definition) is 4. The first-order valence-corrected chi connectivity index (χ1v) is 6.54. The second kappa shape index (κ2) is 5.62. The molecule has 2 rings (SSSR count). The first kappa shape index (κ1) is 14.5. The topological polar surface area (TPSA) is 39.2 Å². The molecule has 0 fully saturated rings. The molecule has 0 unspecified atom stereocenters. The molecule has 7 heteroatoms. The maximum atomic E-state index is 12.6. The van der Waals surface area contributed by atoms with Crippen LogP contribution in [0, 0.1) is 0 Å². The average molecular weight is 301 g/mol. The van der Waals surface area contributed by atoms with E-state index in [1.165, 1.54) is 18.3 Å². The van der Waals surface area contributed by atoms with Gasteiger partial charge in [-0.1, -0.05) is 12.1 Å². The molecule has 0 atom stereocenters. The van der Waals surface area contributed by atoms with Gasteiger partial charge in [0.2, 0.25) is 0 Å².